The number of H-pyrrole nitrogens is 1. The second-order valence-electron chi connectivity index (χ2n) is 6.96. The van der Waals surface area contributed by atoms with E-state index in [1.165, 1.54) is 37.0 Å². The van der Waals surface area contributed by atoms with Crippen LogP contribution in [0.4, 0.5) is 5.69 Å². The zero-order valence-electron chi connectivity index (χ0n) is 15.1. The molecule has 1 aliphatic heterocycles. The molecule has 11 nitrogen and oxygen atoms in total. The van der Waals surface area contributed by atoms with Crippen LogP contribution < -0.4 is 11.3 Å². The topological polar surface area (TPSA) is 166 Å². The highest BCUT2D eigenvalue weighted by Gasteiger charge is 2.56. The normalized spacial score (nSPS) is 27.5. The van der Waals surface area contributed by atoms with Gasteiger partial charge >= 0.3 is 5.97 Å². The molecule has 2 aromatic heterocycles. The van der Waals surface area contributed by atoms with Gasteiger partial charge in [-0.25, -0.2) is 9.78 Å². The minimum absolute atomic E-state index is 0.338. The van der Waals surface area contributed by atoms with Gasteiger partial charge in [-0.15, -0.1) is 0 Å². The molecule has 148 valence electrons. The molecule has 1 saturated heterocycles. The van der Waals surface area contributed by atoms with E-state index < -0.39 is 42.2 Å². The number of rotatable bonds is 3. The molecule has 11 heteroatoms. The Labute approximate surface area is 157 Å². The van der Waals surface area contributed by atoms with Crippen molar-refractivity contribution in [3.8, 4) is 0 Å². The summed E-state index contributed by atoms with van der Waals surface area (Å²) in [5.74, 6) is -0.616. The number of aromatic amines is 1. The van der Waals surface area contributed by atoms with E-state index in [2.05, 4.69) is 15.3 Å². The van der Waals surface area contributed by atoms with Crippen LogP contribution in [0.5, 0.6) is 0 Å². The van der Waals surface area contributed by atoms with E-state index in [0.717, 1.165) is 0 Å². The first-order chi connectivity index (χ1) is 13.2. The Morgan fingerprint density at radius 2 is 2.25 bits per heavy atom. The molecule has 0 aliphatic carbocycles. The predicted molar refractivity (Wildman–Crippen MR) is 97.2 cm³/mol. The fourth-order valence-corrected chi connectivity index (χ4v) is 3.68. The van der Waals surface area contributed by atoms with Gasteiger partial charge in [-0.1, -0.05) is 0 Å². The summed E-state index contributed by atoms with van der Waals surface area (Å²) >= 11 is 0. The maximum atomic E-state index is 12.1. The Balaban J connectivity index is 1.90. The number of aromatic nitrogens is 4. The van der Waals surface area contributed by atoms with Gasteiger partial charge in [0.05, 0.1) is 18.2 Å². The van der Waals surface area contributed by atoms with E-state index in [0.29, 0.717) is 27.4 Å². The number of nitrogens with zero attached hydrogens (tertiary/aromatic N) is 3. The molecule has 0 saturated carbocycles. The summed E-state index contributed by atoms with van der Waals surface area (Å²) in [5, 5.41) is 32.6. The van der Waals surface area contributed by atoms with Crippen molar-refractivity contribution in [2.45, 2.75) is 37.9 Å². The zero-order chi connectivity index (χ0) is 20.2. The molecule has 3 aromatic rings. The predicted octanol–water partition coefficient (Wildman–Crippen LogP) is -0.573. The number of anilines is 1. The highest BCUT2D eigenvalue weighted by molar-refractivity contribution is 6.14. The van der Waals surface area contributed by atoms with Gasteiger partial charge < -0.3 is 25.4 Å². The smallest absolute Gasteiger partial charge is 0.303 e. The van der Waals surface area contributed by atoms with Crippen LogP contribution in [0.2, 0.25) is 0 Å². The maximum absolute atomic E-state index is 12.1. The molecule has 4 atom stereocenters. The molecule has 3 heterocycles. The van der Waals surface area contributed by atoms with E-state index in [9.17, 15) is 19.8 Å². The van der Waals surface area contributed by atoms with Crippen molar-refractivity contribution < 1.29 is 24.5 Å². The quantitative estimate of drug-likeness (QED) is 0.429. The summed E-state index contributed by atoms with van der Waals surface area (Å²) < 4.78 is 12.2. The largest absolute Gasteiger partial charge is 0.456 e. The van der Waals surface area contributed by atoms with Crippen LogP contribution in [0, 0.1) is 0 Å². The van der Waals surface area contributed by atoms with Gasteiger partial charge in [-0.3, -0.25) is 9.59 Å². The number of esters is 1. The van der Waals surface area contributed by atoms with Crippen molar-refractivity contribution in [2.24, 2.45) is 0 Å². The van der Waals surface area contributed by atoms with Crippen LogP contribution in [0.15, 0.2) is 23.3 Å². The highest BCUT2D eigenvalue weighted by atomic mass is 16.6. The van der Waals surface area contributed by atoms with Gasteiger partial charge in [-0.2, -0.15) is 10.2 Å². The Morgan fingerprint density at radius 3 is 2.93 bits per heavy atom. The number of carbonyl (C=O) groups excluding carboxylic acids is 1. The monoisotopic (exact) mass is 389 g/mol. The maximum Gasteiger partial charge on any atom is 0.303 e. The molecule has 0 bridgehead atoms. The Morgan fingerprint density at radius 1 is 1.50 bits per heavy atom. The van der Waals surface area contributed by atoms with Gasteiger partial charge in [0.15, 0.2) is 12.3 Å². The van der Waals surface area contributed by atoms with Gasteiger partial charge in [0, 0.05) is 29.6 Å². The van der Waals surface area contributed by atoms with Crippen molar-refractivity contribution in [3.05, 3.63) is 28.8 Å². The van der Waals surface area contributed by atoms with Gasteiger partial charge in [-0.05, 0) is 13.0 Å². The van der Waals surface area contributed by atoms with Gasteiger partial charge in [0.2, 0.25) is 0 Å². The number of nitrogen functional groups attached to an aromatic ring is 1. The van der Waals surface area contributed by atoms with Crippen LogP contribution in [0.1, 0.15) is 20.1 Å². The third-order valence-electron chi connectivity index (χ3n) is 4.92. The third kappa shape index (κ3) is 2.63. The Kier molecular flexibility index (Phi) is 4.10. The van der Waals surface area contributed by atoms with Gasteiger partial charge in [0.1, 0.15) is 17.2 Å². The Hall–Kier alpha value is -3.02. The first-order valence-electron chi connectivity index (χ1n) is 8.54. The number of nitrogens with two attached hydrogens (primary N) is 1. The number of hydrogen-bond acceptors (Lipinski definition) is 9. The van der Waals surface area contributed by atoms with Crippen molar-refractivity contribution in [3.63, 3.8) is 0 Å². The lowest BCUT2D eigenvalue weighted by Gasteiger charge is -2.29. The van der Waals surface area contributed by atoms with Crippen molar-refractivity contribution in [1.29, 1.82) is 0 Å². The van der Waals surface area contributed by atoms with Crippen LogP contribution in [-0.4, -0.2) is 60.6 Å². The lowest BCUT2D eigenvalue weighted by molar-refractivity contribution is -0.161. The number of nitrogens with one attached hydrogen (secondary N) is 1. The molecule has 0 amide bonds. The van der Waals surface area contributed by atoms with Crippen LogP contribution >= 0.6 is 0 Å². The summed E-state index contributed by atoms with van der Waals surface area (Å²) in [4.78, 5) is 23.5. The van der Waals surface area contributed by atoms with E-state index in [-0.39, 0.29) is 0 Å². The summed E-state index contributed by atoms with van der Waals surface area (Å²) in [6, 6.07) is 1.52. The first-order valence-corrected chi connectivity index (χ1v) is 8.54. The van der Waals surface area contributed by atoms with Crippen LogP contribution in [0.25, 0.3) is 21.7 Å². The Bertz CT molecular complexity index is 1140. The van der Waals surface area contributed by atoms with E-state index in [1.54, 1.807) is 0 Å². The minimum atomic E-state index is -1.70. The summed E-state index contributed by atoms with van der Waals surface area (Å²) in [5.41, 5.74) is 4.66. The average molecular weight is 389 g/mol. The molecule has 28 heavy (non-hydrogen) atoms. The van der Waals surface area contributed by atoms with Crippen LogP contribution in [-0.2, 0) is 14.3 Å². The number of hydrogen-bond donors (Lipinski definition) is 4. The standard InChI is InChI=1S/C17H19N5O6/c1-7(24)27-14-12(6-23)28-16(17(14,2)26)22-5-9-10(18)3-8-13(9)11(21-22)4-19-20-15(8)25/h3-5,12,14,16,23,26H,6,18H2,1-2H3,(H,20,25). The fourth-order valence-electron chi connectivity index (χ4n) is 3.68. The van der Waals surface area contributed by atoms with Crippen LogP contribution in [0.3, 0.4) is 0 Å². The molecule has 4 unspecified atom stereocenters. The summed E-state index contributed by atoms with van der Waals surface area (Å²) in [6.45, 7) is 2.16. The first kappa shape index (κ1) is 18.3. The second kappa shape index (κ2) is 6.26. The molecule has 0 spiro atoms. The molecule has 1 fully saturated rings. The lowest BCUT2D eigenvalue weighted by Crippen LogP contribution is -2.47. The van der Waals surface area contributed by atoms with Crippen molar-refractivity contribution in [1.82, 2.24) is 20.0 Å². The molecule has 4 rings (SSSR count). The molecular weight excluding hydrogens is 370 g/mol. The van der Waals surface area contributed by atoms with Gasteiger partial charge in [0.25, 0.3) is 5.56 Å². The van der Waals surface area contributed by atoms with Crippen molar-refractivity contribution in [2.75, 3.05) is 12.3 Å². The number of aliphatic hydroxyl groups excluding tert-OH is 1. The van der Waals surface area contributed by atoms with E-state index in [4.69, 9.17) is 15.2 Å². The zero-order valence-corrected chi connectivity index (χ0v) is 15.1. The minimum Gasteiger partial charge on any atom is -0.456 e. The molecule has 1 aromatic carbocycles. The molecule has 5 N–H and O–H groups in total. The van der Waals surface area contributed by atoms with Crippen molar-refractivity contribution >= 4 is 33.3 Å². The second-order valence-corrected chi connectivity index (χ2v) is 6.96. The molecule has 0 radical (unpaired) electrons. The highest BCUT2D eigenvalue weighted by Crippen LogP contribution is 2.41. The SMILES string of the molecule is CC(=O)OC1C(CO)OC(n2cc3c(N)cc4c(=O)[nH]ncc(n2)c34)C1(C)O. The number of carbonyl (C=O) groups is 1. The summed E-state index contributed by atoms with van der Waals surface area (Å²) in [6.07, 6.45) is -0.240. The van der Waals surface area contributed by atoms with E-state index >= 15 is 0 Å². The fraction of sp³-hybridized carbons (Fsp3) is 0.412. The van der Waals surface area contributed by atoms with E-state index in [1.807, 2.05) is 0 Å². The average Bonchev–Trinajstić information content (AvgIpc) is 3.03. The molecule has 1 aliphatic rings. The number of aliphatic hydroxyl groups is 2. The third-order valence-corrected chi connectivity index (χ3v) is 4.92. The molecular formula is C17H19N5O6. The lowest BCUT2D eigenvalue weighted by atomic mass is 9.96. The summed E-state index contributed by atoms with van der Waals surface area (Å²) in [7, 11) is 0. The number of ether oxygens (including phenoxy) is 2.